The molecule has 0 saturated carbocycles. The third-order valence-corrected chi connectivity index (χ3v) is 1.71. The van der Waals surface area contributed by atoms with E-state index in [4.69, 9.17) is 0 Å². The lowest BCUT2D eigenvalue weighted by Crippen LogP contribution is -2.08. The van der Waals surface area contributed by atoms with Gasteiger partial charge in [-0.15, -0.1) is 0 Å². The van der Waals surface area contributed by atoms with E-state index in [1.54, 1.807) is 6.07 Å². The number of hydrogen-bond acceptors (Lipinski definition) is 4. The Morgan fingerprint density at radius 2 is 2.29 bits per heavy atom. The van der Waals surface area contributed by atoms with Crippen LogP contribution in [-0.4, -0.2) is 21.4 Å². The van der Waals surface area contributed by atoms with Gasteiger partial charge in [-0.2, -0.15) is 0 Å². The Hall–Kier alpha value is -2.24. The number of amides is 1. The van der Waals surface area contributed by atoms with Gasteiger partial charge in [0.05, 0.1) is 11.7 Å². The van der Waals surface area contributed by atoms with Gasteiger partial charge in [0.25, 0.3) is 5.56 Å². The summed E-state index contributed by atoms with van der Waals surface area (Å²) in [5, 5.41) is 2.77. The molecule has 2 heterocycles. The molecule has 6 nitrogen and oxygen atoms in total. The Balaban J connectivity index is 2.67. The smallest absolute Gasteiger partial charge is 0.260 e. The maximum Gasteiger partial charge on any atom is 0.260 e. The highest BCUT2D eigenvalue weighted by atomic mass is 16.1. The molecule has 0 atom stereocenters. The number of rotatable bonds is 2. The lowest BCUT2D eigenvalue weighted by atomic mass is 10.3. The van der Waals surface area contributed by atoms with Crippen LogP contribution in [0, 0.1) is 0 Å². The van der Waals surface area contributed by atoms with Crippen LogP contribution in [0.4, 0.5) is 5.82 Å². The maximum absolute atomic E-state index is 11.2. The van der Waals surface area contributed by atoms with Gasteiger partial charge in [-0.05, 0) is 12.1 Å². The molecule has 0 aliphatic heterocycles. The lowest BCUT2D eigenvalue weighted by Gasteiger charge is -1.98. The molecule has 0 saturated heterocycles. The first kappa shape index (κ1) is 8.36. The number of nitrogens with one attached hydrogen (secondary N) is 2. The van der Waals surface area contributed by atoms with Crippen molar-refractivity contribution in [2.45, 2.75) is 0 Å². The highest BCUT2D eigenvalue weighted by Gasteiger charge is 2.00. The summed E-state index contributed by atoms with van der Waals surface area (Å²) in [7, 11) is 0. The summed E-state index contributed by atoms with van der Waals surface area (Å²) >= 11 is 0. The molecule has 70 valence electrons. The number of fused-ring (bicyclic) bond motifs is 1. The fourth-order valence-corrected chi connectivity index (χ4v) is 1.09. The van der Waals surface area contributed by atoms with Crippen molar-refractivity contribution in [3.63, 3.8) is 0 Å². The zero-order valence-corrected chi connectivity index (χ0v) is 7.02. The number of nitrogens with zero attached hydrogens (tertiary/aromatic N) is 2. The van der Waals surface area contributed by atoms with Gasteiger partial charge in [-0.25, -0.2) is 9.97 Å². The van der Waals surface area contributed by atoms with Gasteiger partial charge in [0.1, 0.15) is 5.82 Å². The van der Waals surface area contributed by atoms with Crippen LogP contribution in [0.3, 0.4) is 0 Å². The zero-order valence-electron chi connectivity index (χ0n) is 7.02. The monoisotopic (exact) mass is 190 g/mol. The van der Waals surface area contributed by atoms with Crippen LogP contribution in [0.25, 0.3) is 11.0 Å². The Bertz CT molecular complexity index is 534. The number of carbonyl (C=O) groups is 1. The highest BCUT2D eigenvalue weighted by Crippen LogP contribution is 2.07. The molecule has 14 heavy (non-hydrogen) atoms. The minimum absolute atomic E-state index is 0.250. The summed E-state index contributed by atoms with van der Waals surface area (Å²) in [4.78, 5) is 31.6. The number of anilines is 1. The summed E-state index contributed by atoms with van der Waals surface area (Å²) in [6.07, 6.45) is 1.78. The lowest BCUT2D eigenvalue weighted by molar-refractivity contribution is -0.105. The topological polar surface area (TPSA) is 87.7 Å². The molecule has 1 amide bonds. The minimum Gasteiger partial charge on any atom is -0.313 e. The van der Waals surface area contributed by atoms with Crippen LogP contribution in [0.2, 0.25) is 0 Å². The standard InChI is InChI=1S/C8H6N4O2/c13-4-11-6-2-1-5-7(12-6)9-3-10-8(5)14/h1-4H,(H2,9,10,11,12,13,14). The number of hydrogen-bond donors (Lipinski definition) is 2. The summed E-state index contributed by atoms with van der Waals surface area (Å²) in [6.45, 7) is 0. The van der Waals surface area contributed by atoms with E-state index in [1.165, 1.54) is 12.4 Å². The predicted molar refractivity (Wildman–Crippen MR) is 49.8 cm³/mol. The van der Waals surface area contributed by atoms with Crippen molar-refractivity contribution in [3.05, 3.63) is 28.8 Å². The average Bonchev–Trinajstić information content (AvgIpc) is 2.18. The molecular weight excluding hydrogens is 184 g/mol. The molecule has 0 fully saturated rings. The Morgan fingerprint density at radius 3 is 3.07 bits per heavy atom. The number of H-pyrrole nitrogens is 1. The van der Waals surface area contributed by atoms with Crippen LogP contribution in [0.5, 0.6) is 0 Å². The average molecular weight is 190 g/mol. The van der Waals surface area contributed by atoms with Crippen molar-refractivity contribution in [1.29, 1.82) is 0 Å². The fraction of sp³-hybridized carbons (Fsp3) is 0. The molecular formula is C8H6N4O2. The molecule has 2 N–H and O–H groups in total. The van der Waals surface area contributed by atoms with Crippen molar-refractivity contribution in [2.75, 3.05) is 5.32 Å². The van der Waals surface area contributed by atoms with Crippen LogP contribution in [0.15, 0.2) is 23.3 Å². The van der Waals surface area contributed by atoms with E-state index in [0.29, 0.717) is 23.3 Å². The molecule has 0 bridgehead atoms. The van der Waals surface area contributed by atoms with Gasteiger partial charge in [0.15, 0.2) is 5.65 Å². The zero-order chi connectivity index (χ0) is 9.97. The Labute approximate surface area is 78.0 Å². The number of pyridine rings is 1. The van der Waals surface area contributed by atoms with Crippen molar-refractivity contribution < 1.29 is 4.79 Å². The maximum atomic E-state index is 11.2. The first-order valence-electron chi connectivity index (χ1n) is 3.86. The molecule has 0 aliphatic carbocycles. The van der Waals surface area contributed by atoms with E-state index in [0.717, 1.165) is 0 Å². The van der Waals surface area contributed by atoms with Gasteiger partial charge in [-0.1, -0.05) is 0 Å². The van der Waals surface area contributed by atoms with Crippen LogP contribution < -0.4 is 10.9 Å². The molecule has 0 radical (unpaired) electrons. The van der Waals surface area contributed by atoms with Crippen molar-refractivity contribution >= 4 is 23.3 Å². The van der Waals surface area contributed by atoms with Crippen LogP contribution in [-0.2, 0) is 4.79 Å². The first-order chi connectivity index (χ1) is 6.81. The molecule has 0 unspecified atom stereocenters. The van der Waals surface area contributed by atoms with Gasteiger partial charge in [-0.3, -0.25) is 9.59 Å². The van der Waals surface area contributed by atoms with Gasteiger partial charge >= 0.3 is 0 Å². The summed E-state index contributed by atoms with van der Waals surface area (Å²) < 4.78 is 0. The molecule has 0 aliphatic rings. The first-order valence-corrected chi connectivity index (χ1v) is 3.86. The van der Waals surface area contributed by atoms with Crippen molar-refractivity contribution in [3.8, 4) is 0 Å². The SMILES string of the molecule is O=CNc1ccc2c(=O)[nH]cnc2n1. The molecule has 6 heteroatoms. The normalized spacial score (nSPS) is 10.0. The van der Waals surface area contributed by atoms with Crippen LogP contribution in [0.1, 0.15) is 0 Å². The number of carbonyl (C=O) groups excluding carboxylic acids is 1. The number of aromatic nitrogens is 3. The van der Waals surface area contributed by atoms with Gasteiger partial charge in [0, 0.05) is 0 Å². The second-order valence-electron chi connectivity index (χ2n) is 2.56. The summed E-state index contributed by atoms with van der Waals surface area (Å²) in [6, 6.07) is 3.09. The summed E-state index contributed by atoms with van der Waals surface area (Å²) in [5.74, 6) is 0.366. The van der Waals surface area contributed by atoms with E-state index in [-0.39, 0.29) is 5.56 Å². The van der Waals surface area contributed by atoms with Gasteiger partial charge in [0.2, 0.25) is 6.41 Å². The minimum atomic E-state index is -0.250. The van der Waals surface area contributed by atoms with Crippen molar-refractivity contribution in [2.24, 2.45) is 0 Å². The van der Waals surface area contributed by atoms with E-state index in [2.05, 4.69) is 20.3 Å². The second kappa shape index (κ2) is 3.25. The molecule has 2 rings (SSSR count). The Kier molecular flexibility index (Phi) is 1.94. The second-order valence-corrected chi connectivity index (χ2v) is 2.56. The highest BCUT2D eigenvalue weighted by molar-refractivity contribution is 5.78. The molecule has 2 aromatic rings. The third-order valence-electron chi connectivity index (χ3n) is 1.71. The quantitative estimate of drug-likeness (QED) is 0.646. The van der Waals surface area contributed by atoms with E-state index < -0.39 is 0 Å². The molecule has 0 spiro atoms. The van der Waals surface area contributed by atoms with E-state index >= 15 is 0 Å². The molecule has 0 aromatic carbocycles. The molecule has 2 aromatic heterocycles. The van der Waals surface area contributed by atoms with E-state index in [9.17, 15) is 9.59 Å². The van der Waals surface area contributed by atoms with E-state index in [1.807, 2.05) is 0 Å². The van der Waals surface area contributed by atoms with Crippen molar-refractivity contribution in [1.82, 2.24) is 15.0 Å². The van der Waals surface area contributed by atoms with Crippen LogP contribution >= 0.6 is 0 Å². The fourth-order valence-electron chi connectivity index (χ4n) is 1.09. The largest absolute Gasteiger partial charge is 0.313 e. The summed E-state index contributed by atoms with van der Waals surface area (Å²) in [5.41, 5.74) is 0.0563. The Morgan fingerprint density at radius 1 is 1.43 bits per heavy atom. The number of aromatic amines is 1. The predicted octanol–water partition coefficient (Wildman–Crippen LogP) is -0.114. The third kappa shape index (κ3) is 1.33. The van der Waals surface area contributed by atoms with Gasteiger partial charge < -0.3 is 10.3 Å².